The standard InChI is InChI=1S/C13H23N3O3S/c1-19-7-6-14-11(17)5-3-2-4-10-12-9(8-20-10)15-13(18)16-12/h9-10,12H,2-8H2,1H3,(H,14,17)(H2,15,16,18)/t9?,10-,12?/m1/s1. The number of thioether (sulfide) groups is 1. The second kappa shape index (κ2) is 7.73. The summed E-state index contributed by atoms with van der Waals surface area (Å²) in [6.45, 7) is 1.13. The van der Waals surface area contributed by atoms with Crippen LogP contribution in [0.15, 0.2) is 0 Å². The van der Waals surface area contributed by atoms with Gasteiger partial charge in [0.1, 0.15) is 0 Å². The van der Waals surface area contributed by atoms with Crippen LogP contribution in [-0.4, -0.2) is 55.3 Å². The Hall–Kier alpha value is -0.950. The van der Waals surface area contributed by atoms with E-state index in [1.807, 2.05) is 11.8 Å². The molecule has 3 amide bonds. The Kier molecular flexibility index (Phi) is 5.97. The Morgan fingerprint density at radius 3 is 3.10 bits per heavy atom. The molecule has 0 spiro atoms. The molecule has 0 aromatic heterocycles. The number of urea groups is 1. The molecule has 20 heavy (non-hydrogen) atoms. The summed E-state index contributed by atoms with van der Waals surface area (Å²) in [5, 5.41) is 9.22. The van der Waals surface area contributed by atoms with E-state index in [0.29, 0.717) is 24.8 Å². The van der Waals surface area contributed by atoms with Crippen molar-refractivity contribution >= 4 is 23.7 Å². The third-order valence-corrected chi connectivity index (χ3v) is 5.22. The number of fused-ring (bicyclic) bond motifs is 1. The van der Waals surface area contributed by atoms with Crippen LogP contribution in [0.25, 0.3) is 0 Å². The number of hydrogen-bond donors (Lipinski definition) is 3. The summed E-state index contributed by atoms with van der Waals surface area (Å²) in [6, 6.07) is 0.515. The van der Waals surface area contributed by atoms with E-state index in [-0.39, 0.29) is 24.0 Å². The number of methoxy groups -OCH3 is 1. The lowest BCUT2D eigenvalue weighted by molar-refractivity contribution is -0.121. The zero-order valence-electron chi connectivity index (χ0n) is 11.8. The van der Waals surface area contributed by atoms with Crippen LogP contribution in [0.4, 0.5) is 4.79 Å². The predicted molar refractivity (Wildman–Crippen MR) is 78.8 cm³/mol. The highest BCUT2D eigenvalue weighted by atomic mass is 32.2. The Balaban J connectivity index is 1.55. The first-order valence-corrected chi connectivity index (χ1v) is 8.20. The van der Waals surface area contributed by atoms with Crippen LogP contribution in [-0.2, 0) is 9.53 Å². The summed E-state index contributed by atoms with van der Waals surface area (Å²) < 4.78 is 4.88. The van der Waals surface area contributed by atoms with Gasteiger partial charge in [-0.3, -0.25) is 4.79 Å². The monoisotopic (exact) mass is 301 g/mol. The van der Waals surface area contributed by atoms with Crippen molar-refractivity contribution in [1.82, 2.24) is 16.0 Å². The normalized spacial score (nSPS) is 27.9. The number of hydrogen-bond acceptors (Lipinski definition) is 4. The molecular weight excluding hydrogens is 278 g/mol. The fourth-order valence-corrected chi connectivity index (χ4v) is 4.20. The van der Waals surface area contributed by atoms with E-state index >= 15 is 0 Å². The molecule has 2 heterocycles. The highest BCUT2D eigenvalue weighted by Crippen LogP contribution is 2.33. The van der Waals surface area contributed by atoms with Gasteiger partial charge in [-0.05, 0) is 12.8 Å². The summed E-state index contributed by atoms with van der Waals surface area (Å²) in [5.74, 6) is 1.08. The third kappa shape index (κ3) is 4.28. The molecule has 2 rings (SSSR count). The van der Waals surface area contributed by atoms with E-state index in [9.17, 15) is 9.59 Å². The van der Waals surface area contributed by atoms with Crippen molar-refractivity contribution in [2.24, 2.45) is 0 Å². The number of ether oxygens (including phenoxy) is 1. The van der Waals surface area contributed by atoms with Gasteiger partial charge in [-0.15, -0.1) is 0 Å². The van der Waals surface area contributed by atoms with Crippen LogP contribution in [0.5, 0.6) is 0 Å². The number of rotatable bonds is 8. The van der Waals surface area contributed by atoms with E-state index < -0.39 is 0 Å². The summed E-state index contributed by atoms with van der Waals surface area (Å²) in [6.07, 6.45) is 3.54. The van der Waals surface area contributed by atoms with Crippen molar-refractivity contribution in [2.75, 3.05) is 26.0 Å². The first-order chi connectivity index (χ1) is 9.70. The average molecular weight is 301 g/mol. The number of nitrogens with one attached hydrogen (secondary N) is 3. The minimum absolute atomic E-state index is 0.0391. The smallest absolute Gasteiger partial charge is 0.315 e. The molecule has 2 saturated heterocycles. The van der Waals surface area contributed by atoms with Crippen LogP contribution in [0.3, 0.4) is 0 Å². The molecule has 2 fully saturated rings. The summed E-state index contributed by atoms with van der Waals surface area (Å²) in [5.41, 5.74) is 0. The number of unbranched alkanes of at least 4 members (excludes halogenated alkanes) is 1. The third-order valence-electron chi connectivity index (χ3n) is 3.71. The lowest BCUT2D eigenvalue weighted by atomic mass is 10.0. The maximum atomic E-state index is 11.5. The molecule has 3 atom stereocenters. The minimum Gasteiger partial charge on any atom is -0.383 e. The van der Waals surface area contributed by atoms with Crippen molar-refractivity contribution in [2.45, 2.75) is 43.0 Å². The number of carbonyl (C=O) groups excluding carboxylic acids is 2. The van der Waals surface area contributed by atoms with Crippen molar-refractivity contribution in [1.29, 1.82) is 0 Å². The largest absolute Gasteiger partial charge is 0.383 e. The van der Waals surface area contributed by atoms with Crippen molar-refractivity contribution in [3.8, 4) is 0 Å². The lowest BCUT2D eigenvalue weighted by Gasteiger charge is -2.16. The van der Waals surface area contributed by atoms with Gasteiger partial charge in [0, 0.05) is 31.1 Å². The van der Waals surface area contributed by atoms with Gasteiger partial charge in [0.25, 0.3) is 0 Å². The van der Waals surface area contributed by atoms with Gasteiger partial charge in [-0.25, -0.2) is 4.79 Å². The molecule has 0 saturated carbocycles. The number of amides is 3. The quantitative estimate of drug-likeness (QED) is 0.450. The van der Waals surface area contributed by atoms with Crippen LogP contribution >= 0.6 is 11.8 Å². The zero-order valence-corrected chi connectivity index (χ0v) is 12.6. The van der Waals surface area contributed by atoms with E-state index in [1.54, 1.807) is 7.11 Å². The van der Waals surface area contributed by atoms with Gasteiger partial charge < -0.3 is 20.7 Å². The molecular formula is C13H23N3O3S. The van der Waals surface area contributed by atoms with Crippen LogP contribution in [0, 0.1) is 0 Å². The Bertz CT molecular complexity index is 354. The van der Waals surface area contributed by atoms with Crippen molar-refractivity contribution < 1.29 is 14.3 Å². The fraction of sp³-hybridized carbons (Fsp3) is 0.846. The molecule has 114 valence electrons. The Morgan fingerprint density at radius 1 is 1.45 bits per heavy atom. The minimum atomic E-state index is -0.0391. The molecule has 0 aromatic rings. The molecule has 2 aliphatic heterocycles. The van der Waals surface area contributed by atoms with Crippen LogP contribution < -0.4 is 16.0 Å². The summed E-state index contributed by atoms with van der Waals surface area (Å²) in [4.78, 5) is 22.8. The van der Waals surface area contributed by atoms with Crippen LogP contribution in [0.1, 0.15) is 25.7 Å². The highest BCUT2D eigenvalue weighted by Gasteiger charge is 2.42. The first-order valence-electron chi connectivity index (χ1n) is 7.15. The molecule has 0 radical (unpaired) electrons. The SMILES string of the molecule is COCCNC(=O)CCCC[C@H]1SCC2NC(=O)NC21. The highest BCUT2D eigenvalue weighted by molar-refractivity contribution is 8.00. The van der Waals surface area contributed by atoms with E-state index in [0.717, 1.165) is 25.0 Å². The van der Waals surface area contributed by atoms with Crippen LogP contribution in [0.2, 0.25) is 0 Å². The van der Waals surface area contributed by atoms with Gasteiger partial charge in [-0.1, -0.05) is 6.42 Å². The van der Waals surface area contributed by atoms with Gasteiger partial charge in [-0.2, -0.15) is 11.8 Å². The second-order valence-electron chi connectivity index (χ2n) is 5.21. The fourth-order valence-electron chi connectivity index (χ4n) is 2.65. The average Bonchev–Trinajstić information content (AvgIpc) is 2.95. The van der Waals surface area contributed by atoms with Gasteiger partial charge in [0.2, 0.25) is 5.91 Å². The van der Waals surface area contributed by atoms with E-state index in [4.69, 9.17) is 4.74 Å². The summed E-state index contributed by atoms with van der Waals surface area (Å²) >= 11 is 1.92. The summed E-state index contributed by atoms with van der Waals surface area (Å²) in [7, 11) is 1.62. The maximum Gasteiger partial charge on any atom is 0.315 e. The Labute approximate surface area is 123 Å². The molecule has 2 unspecified atom stereocenters. The van der Waals surface area contributed by atoms with Gasteiger partial charge >= 0.3 is 6.03 Å². The van der Waals surface area contributed by atoms with Gasteiger partial charge in [0.15, 0.2) is 0 Å². The topological polar surface area (TPSA) is 79.5 Å². The Morgan fingerprint density at radius 2 is 2.30 bits per heavy atom. The lowest BCUT2D eigenvalue weighted by Crippen LogP contribution is -2.36. The molecule has 0 aromatic carbocycles. The first kappa shape index (κ1) is 15.4. The molecule has 0 aliphatic carbocycles. The molecule has 2 aliphatic rings. The number of carbonyl (C=O) groups is 2. The van der Waals surface area contributed by atoms with E-state index in [2.05, 4.69) is 16.0 Å². The molecule has 7 heteroatoms. The van der Waals surface area contributed by atoms with Gasteiger partial charge in [0.05, 0.1) is 18.7 Å². The molecule has 0 bridgehead atoms. The van der Waals surface area contributed by atoms with Crippen molar-refractivity contribution in [3.05, 3.63) is 0 Å². The zero-order chi connectivity index (χ0) is 14.4. The van der Waals surface area contributed by atoms with Crippen molar-refractivity contribution in [3.63, 3.8) is 0 Å². The van der Waals surface area contributed by atoms with E-state index in [1.165, 1.54) is 0 Å². The second-order valence-corrected chi connectivity index (χ2v) is 6.48. The maximum absolute atomic E-state index is 11.5. The predicted octanol–water partition coefficient (Wildman–Crippen LogP) is 0.475. The molecule has 6 nitrogen and oxygen atoms in total. The molecule has 3 N–H and O–H groups in total.